The summed E-state index contributed by atoms with van der Waals surface area (Å²) < 4.78 is 48.2. The number of esters is 1. The zero-order chi connectivity index (χ0) is 29.4. The highest BCUT2D eigenvalue weighted by Crippen LogP contribution is 2.38. The number of amides is 1. The normalized spacial score (nSPS) is 12.3. The van der Waals surface area contributed by atoms with E-state index in [4.69, 9.17) is 27.9 Å². The molecule has 0 fully saturated rings. The zero-order valence-electron chi connectivity index (χ0n) is 21.4. The van der Waals surface area contributed by atoms with Gasteiger partial charge in [-0.15, -0.1) is 0 Å². The van der Waals surface area contributed by atoms with Gasteiger partial charge in [0.1, 0.15) is 6.04 Å². The van der Waals surface area contributed by atoms with Gasteiger partial charge in [-0.05, 0) is 42.3 Å². The molecule has 12 heteroatoms. The van der Waals surface area contributed by atoms with E-state index in [1.807, 2.05) is 0 Å². The van der Waals surface area contributed by atoms with E-state index in [-0.39, 0.29) is 44.2 Å². The first-order valence-electron chi connectivity index (χ1n) is 11.8. The first-order valence-corrected chi connectivity index (χ1v) is 12.6. The first kappa shape index (κ1) is 29.1. The maximum absolute atomic E-state index is 14.0. The molecule has 40 heavy (non-hydrogen) atoms. The summed E-state index contributed by atoms with van der Waals surface area (Å²) in [5.74, 6) is -1.51. The Bertz CT molecular complexity index is 1680. The highest BCUT2D eigenvalue weighted by Gasteiger charge is 2.36. The molecule has 1 N–H and O–H groups in total. The SMILES string of the molecule is COC(=O)[C@H](Cc1ccc(-c2c(C(F)(F)F)cc(C)n(C)c2=O)c2cccnc12)NC(=O)c1c(Cl)cccc1Cl. The van der Waals surface area contributed by atoms with Gasteiger partial charge in [0, 0.05) is 30.7 Å². The Balaban J connectivity index is 1.83. The topological polar surface area (TPSA) is 90.3 Å². The molecular weight excluding hydrogens is 570 g/mol. The lowest BCUT2D eigenvalue weighted by Crippen LogP contribution is -2.43. The van der Waals surface area contributed by atoms with E-state index < -0.39 is 40.8 Å². The molecule has 7 nitrogen and oxygen atoms in total. The molecule has 1 atom stereocenters. The van der Waals surface area contributed by atoms with Gasteiger partial charge < -0.3 is 14.6 Å². The third-order valence-corrected chi connectivity index (χ3v) is 7.13. The fraction of sp³-hybridized carbons (Fsp3) is 0.214. The molecule has 2 aromatic heterocycles. The Kier molecular flexibility index (Phi) is 8.23. The summed E-state index contributed by atoms with van der Waals surface area (Å²) in [5, 5.41) is 2.97. The van der Waals surface area contributed by atoms with Crippen LogP contribution in [0.15, 0.2) is 59.5 Å². The predicted molar refractivity (Wildman–Crippen MR) is 146 cm³/mol. The molecule has 0 radical (unpaired) electrons. The zero-order valence-corrected chi connectivity index (χ0v) is 22.9. The Labute approximate surface area is 236 Å². The van der Waals surface area contributed by atoms with Gasteiger partial charge in [-0.1, -0.05) is 47.5 Å². The molecule has 1 amide bonds. The van der Waals surface area contributed by atoms with Crippen LogP contribution in [0.1, 0.15) is 27.2 Å². The van der Waals surface area contributed by atoms with Crippen molar-refractivity contribution in [1.29, 1.82) is 0 Å². The van der Waals surface area contributed by atoms with Crippen molar-refractivity contribution in [1.82, 2.24) is 14.9 Å². The highest BCUT2D eigenvalue weighted by atomic mass is 35.5. The standard InChI is InChI=1S/C28H22Cl2F3N3O4/c1-14-12-18(28(31,32)33)22(26(38)36(14)2)16-10-9-15(24-17(16)6-5-11-34-24)13-21(27(39)40-3)35-25(37)23-19(29)7-4-8-20(23)30/h4-12,21H,13H2,1-3H3,(H,35,37)/t21-/m0/s1. The molecule has 0 spiro atoms. The number of halogens is 5. The smallest absolute Gasteiger partial charge is 0.417 e. The molecule has 0 saturated carbocycles. The van der Waals surface area contributed by atoms with Gasteiger partial charge in [0.05, 0.1) is 39.4 Å². The summed E-state index contributed by atoms with van der Waals surface area (Å²) >= 11 is 12.3. The summed E-state index contributed by atoms with van der Waals surface area (Å²) in [6.45, 7) is 1.42. The highest BCUT2D eigenvalue weighted by molar-refractivity contribution is 6.39. The van der Waals surface area contributed by atoms with E-state index in [1.165, 1.54) is 56.6 Å². The second-order valence-electron chi connectivity index (χ2n) is 8.96. The van der Waals surface area contributed by atoms with E-state index in [1.54, 1.807) is 6.07 Å². The molecule has 0 aliphatic carbocycles. The number of nitrogens with one attached hydrogen (secondary N) is 1. The van der Waals surface area contributed by atoms with Gasteiger partial charge in [-0.2, -0.15) is 13.2 Å². The number of benzene rings is 2. The minimum absolute atomic E-state index is 0.0290. The maximum atomic E-state index is 14.0. The van der Waals surface area contributed by atoms with Crippen LogP contribution >= 0.6 is 23.2 Å². The molecule has 2 aromatic carbocycles. The molecule has 4 rings (SSSR count). The minimum Gasteiger partial charge on any atom is -0.467 e. The van der Waals surface area contributed by atoms with E-state index >= 15 is 0 Å². The Hall–Kier alpha value is -3.89. The quantitative estimate of drug-likeness (QED) is 0.288. The lowest BCUT2D eigenvalue weighted by molar-refractivity contribution is -0.142. The summed E-state index contributed by atoms with van der Waals surface area (Å²) in [6.07, 6.45) is -3.49. The molecule has 0 unspecified atom stereocenters. The average Bonchev–Trinajstić information content (AvgIpc) is 2.90. The molecule has 2 heterocycles. The van der Waals surface area contributed by atoms with Crippen LogP contribution in [0.3, 0.4) is 0 Å². The Morgan fingerprint density at radius 2 is 1.77 bits per heavy atom. The third kappa shape index (κ3) is 5.55. The van der Waals surface area contributed by atoms with Crippen LogP contribution in [0.5, 0.6) is 0 Å². The lowest BCUT2D eigenvalue weighted by atomic mass is 9.93. The van der Waals surface area contributed by atoms with E-state index in [0.29, 0.717) is 5.56 Å². The largest absolute Gasteiger partial charge is 0.467 e. The fourth-order valence-corrected chi connectivity index (χ4v) is 4.99. The number of aryl methyl sites for hydroxylation is 1. The van der Waals surface area contributed by atoms with Crippen molar-refractivity contribution in [3.8, 4) is 11.1 Å². The van der Waals surface area contributed by atoms with Gasteiger partial charge in [0.2, 0.25) is 0 Å². The molecule has 0 saturated heterocycles. The van der Waals surface area contributed by atoms with Crippen LogP contribution in [0.2, 0.25) is 10.0 Å². The van der Waals surface area contributed by atoms with Crippen molar-refractivity contribution in [2.45, 2.75) is 25.6 Å². The van der Waals surface area contributed by atoms with Crippen LogP contribution in [-0.2, 0) is 29.2 Å². The lowest BCUT2D eigenvalue weighted by Gasteiger charge is -2.20. The van der Waals surface area contributed by atoms with Crippen molar-refractivity contribution in [2.75, 3.05) is 7.11 Å². The Morgan fingerprint density at radius 3 is 2.40 bits per heavy atom. The number of alkyl halides is 3. The second kappa shape index (κ2) is 11.3. The molecule has 0 aliphatic heterocycles. The number of ether oxygens (including phenoxy) is 1. The van der Waals surface area contributed by atoms with Crippen LogP contribution in [-0.4, -0.2) is 34.6 Å². The van der Waals surface area contributed by atoms with Crippen LogP contribution in [0.4, 0.5) is 13.2 Å². The van der Waals surface area contributed by atoms with Gasteiger partial charge in [-0.3, -0.25) is 14.6 Å². The average molecular weight is 592 g/mol. The fourth-order valence-electron chi connectivity index (χ4n) is 4.42. The second-order valence-corrected chi connectivity index (χ2v) is 9.77. The first-order chi connectivity index (χ1) is 18.8. The number of carbonyl (C=O) groups is 2. The van der Waals surface area contributed by atoms with Gasteiger partial charge >= 0.3 is 12.1 Å². The molecule has 4 aromatic rings. The van der Waals surface area contributed by atoms with Crippen molar-refractivity contribution in [2.24, 2.45) is 7.05 Å². The minimum atomic E-state index is -4.79. The molecule has 0 aliphatic rings. The predicted octanol–water partition coefficient (Wildman–Crippen LogP) is 5.75. The van der Waals surface area contributed by atoms with Gasteiger partial charge in [0.15, 0.2) is 0 Å². The number of pyridine rings is 2. The molecular formula is C28H22Cl2F3N3O4. The number of carbonyl (C=O) groups excluding carboxylic acids is 2. The van der Waals surface area contributed by atoms with Crippen molar-refractivity contribution in [3.63, 3.8) is 0 Å². The van der Waals surface area contributed by atoms with Gasteiger partial charge in [-0.25, -0.2) is 4.79 Å². The van der Waals surface area contributed by atoms with Crippen LogP contribution in [0.25, 0.3) is 22.0 Å². The summed E-state index contributed by atoms with van der Waals surface area (Å²) in [5.41, 5.74) is -1.60. The third-order valence-electron chi connectivity index (χ3n) is 6.50. The molecule has 0 bridgehead atoms. The monoisotopic (exact) mass is 591 g/mol. The number of methoxy groups -OCH3 is 1. The number of fused-ring (bicyclic) bond motifs is 1. The molecule has 208 valence electrons. The van der Waals surface area contributed by atoms with Gasteiger partial charge in [0.25, 0.3) is 11.5 Å². The number of nitrogens with zero attached hydrogens (tertiary/aromatic N) is 2. The van der Waals surface area contributed by atoms with Crippen molar-refractivity contribution < 1.29 is 27.5 Å². The number of hydrogen-bond donors (Lipinski definition) is 1. The maximum Gasteiger partial charge on any atom is 0.417 e. The van der Waals surface area contributed by atoms with Crippen LogP contribution in [0, 0.1) is 6.92 Å². The van der Waals surface area contributed by atoms with E-state index in [2.05, 4.69) is 10.3 Å². The number of aromatic nitrogens is 2. The van der Waals surface area contributed by atoms with Crippen LogP contribution < -0.4 is 10.9 Å². The number of hydrogen-bond acceptors (Lipinski definition) is 5. The Morgan fingerprint density at radius 1 is 1.10 bits per heavy atom. The van der Waals surface area contributed by atoms with E-state index in [0.717, 1.165) is 17.7 Å². The van der Waals surface area contributed by atoms with E-state index in [9.17, 15) is 27.6 Å². The number of rotatable bonds is 6. The summed E-state index contributed by atoms with van der Waals surface area (Å²) in [6, 6.07) is 10.1. The van der Waals surface area contributed by atoms with Crippen molar-refractivity contribution in [3.05, 3.63) is 97.5 Å². The summed E-state index contributed by atoms with van der Waals surface area (Å²) in [7, 11) is 2.54. The van der Waals surface area contributed by atoms with Crippen molar-refractivity contribution >= 4 is 46.0 Å². The summed E-state index contributed by atoms with van der Waals surface area (Å²) in [4.78, 5) is 43.1.